The molecule has 0 atom stereocenters. The second-order valence-electron chi connectivity index (χ2n) is 5.81. The molecule has 0 aliphatic rings. The molecule has 0 bridgehead atoms. The third kappa shape index (κ3) is 5.23. The van der Waals surface area contributed by atoms with Crippen LogP contribution in [0.15, 0.2) is 34.4 Å². The summed E-state index contributed by atoms with van der Waals surface area (Å²) in [6, 6.07) is 2.74. The Bertz CT molecular complexity index is 904. The van der Waals surface area contributed by atoms with Crippen LogP contribution in [0.1, 0.15) is 38.1 Å². The molecule has 1 rings (SSSR count). The van der Waals surface area contributed by atoms with Crippen LogP contribution in [0.4, 0.5) is 4.39 Å². The van der Waals surface area contributed by atoms with Crippen molar-refractivity contribution in [1.29, 1.82) is 5.41 Å². The normalized spacial score (nSPS) is 12.5. The molecule has 0 fully saturated rings. The fourth-order valence-corrected chi connectivity index (χ4v) is 3.99. The van der Waals surface area contributed by atoms with Gasteiger partial charge in [0, 0.05) is 18.8 Å². The number of aliphatic hydroxyl groups excluding tert-OH is 1. The summed E-state index contributed by atoms with van der Waals surface area (Å²) in [4.78, 5) is 23.3. The maximum Gasteiger partial charge on any atom is 0.341 e. The first-order valence-corrected chi connectivity index (χ1v) is 9.86. The molecule has 0 saturated carbocycles. The van der Waals surface area contributed by atoms with Crippen LogP contribution in [0.5, 0.6) is 0 Å². The van der Waals surface area contributed by atoms with Crippen molar-refractivity contribution in [3.05, 3.63) is 40.9 Å². The number of aliphatic hydroxyl groups is 1. The van der Waals surface area contributed by atoms with Gasteiger partial charge in [-0.05, 0) is 32.0 Å². The molecule has 2 N–H and O–H groups in total. The lowest BCUT2D eigenvalue weighted by Gasteiger charge is -2.18. The van der Waals surface area contributed by atoms with Gasteiger partial charge in [-0.15, -0.1) is 0 Å². The third-order valence-corrected chi connectivity index (χ3v) is 5.90. The summed E-state index contributed by atoms with van der Waals surface area (Å²) in [6.45, 7) is 5.33. The Morgan fingerprint density at radius 1 is 1.21 bits per heavy atom. The van der Waals surface area contributed by atoms with Crippen LogP contribution >= 0.6 is 0 Å². The fourth-order valence-electron chi connectivity index (χ4n) is 2.50. The zero-order chi connectivity index (χ0) is 21.6. The number of nitrogens with one attached hydrogen (secondary N) is 1. The van der Waals surface area contributed by atoms with Crippen LogP contribution in [0, 0.1) is 11.2 Å². The average molecular weight is 414 g/mol. The van der Waals surface area contributed by atoms with Crippen molar-refractivity contribution >= 4 is 27.5 Å². The van der Waals surface area contributed by atoms with Crippen molar-refractivity contribution in [3.63, 3.8) is 0 Å². The Balaban J connectivity index is 3.18. The minimum absolute atomic E-state index is 0.200. The molecule has 0 unspecified atom stereocenters. The molecule has 1 aromatic rings. The molecule has 0 amide bonds. The molecule has 0 aliphatic carbocycles. The number of hydrogen-bond acceptors (Lipinski definition) is 7. The summed E-state index contributed by atoms with van der Waals surface area (Å²) in [5, 5.41) is 17.3. The third-order valence-electron chi connectivity index (χ3n) is 3.86. The second kappa shape index (κ2) is 9.56. The highest BCUT2D eigenvalue weighted by atomic mass is 32.2. The molecular formula is C18H23FN2O6S. The largest absolute Gasteiger partial charge is 0.508 e. The molecule has 0 radical (unpaired) electrons. The molecule has 0 saturated heterocycles. The molecule has 0 aliphatic heterocycles. The first kappa shape index (κ1) is 23.4. The van der Waals surface area contributed by atoms with E-state index in [9.17, 15) is 27.5 Å². The number of allylic oxidation sites excluding steroid dienone is 1. The minimum Gasteiger partial charge on any atom is -0.508 e. The van der Waals surface area contributed by atoms with Crippen molar-refractivity contribution < 1.29 is 32.2 Å². The number of ether oxygens (including phenoxy) is 1. The molecule has 0 heterocycles. The quantitative estimate of drug-likeness (QED) is 0.277. The van der Waals surface area contributed by atoms with Crippen molar-refractivity contribution in [2.24, 2.45) is 0 Å². The van der Waals surface area contributed by atoms with E-state index in [1.165, 1.54) is 6.92 Å². The lowest BCUT2D eigenvalue weighted by molar-refractivity contribution is -0.113. The number of rotatable bonds is 9. The van der Waals surface area contributed by atoms with Crippen molar-refractivity contribution in [3.8, 4) is 0 Å². The van der Waals surface area contributed by atoms with Crippen LogP contribution in [0.3, 0.4) is 0 Å². The number of sulfonamides is 1. The summed E-state index contributed by atoms with van der Waals surface area (Å²) < 4.78 is 45.0. The molecule has 0 spiro atoms. The number of hydrogen-bond donors (Lipinski definition) is 2. The Kier molecular flexibility index (Phi) is 8.01. The zero-order valence-corrected chi connectivity index (χ0v) is 16.9. The maximum absolute atomic E-state index is 14.0. The number of benzene rings is 1. The van der Waals surface area contributed by atoms with Gasteiger partial charge in [0.25, 0.3) is 0 Å². The summed E-state index contributed by atoms with van der Waals surface area (Å²) in [7, 11) is -3.91. The van der Waals surface area contributed by atoms with E-state index >= 15 is 0 Å². The van der Waals surface area contributed by atoms with Gasteiger partial charge in [-0.1, -0.05) is 13.8 Å². The van der Waals surface area contributed by atoms with E-state index in [0.717, 1.165) is 29.4 Å². The molecule has 10 heteroatoms. The standard InChI is InChI=1S/C18H23FN2O6S/c1-5-21(6-2)28(25,26)13-7-8-15(19)14(9-13)18(24)27-10-16(23)17(11(3)20)12(4)22/h7-9,20,23H,5-6,10H2,1-4H3/b17-16-,20-11?. The van der Waals surface area contributed by atoms with E-state index in [0.29, 0.717) is 0 Å². The highest BCUT2D eigenvalue weighted by molar-refractivity contribution is 7.89. The van der Waals surface area contributed by atoms with Crippen LogP contribution in [-0.4, -0.2) is 55.0 Å². The Morgan fingerprint density at radius 2 is 1.79 bits per heavy atom. The lowest BCUT2D eigenvalue weighted by atomic mass is 10.1. The smallest absolute Gasteiger partial charge is 0.341 e. The van der Waals surface area contributed by atoms with Gasteiger partial charge in [0.2, 0.25) is 10.0 Å². The predicted octanol–water partition coefficient (Wildman–Crippen LogP) is 2.45. The van der Waals surface area contributed by atoms with Crippen LogP contribution < -0.4 is 0 Å². The van der Waals surface area contributed by atoms with Gasteiger partial charge in [0.1, 0.15) is 18.2 Å². The van der Waals surface area contributed by atoms with Gasteiger partial charge in [-0.3, -0.25) is 4.79 Å². The maximum atomic E-state index is 14.0. The van der Waals surface area contributed by atoms with Crippen LogP contribution in [0.2, 0.25) is 0 Å². The van der Waals surface area contributed by atoms with Gasteiger partial charge in [0.05, 0.1) is 16.0 Å². The lowest BCUT2D eigenvalue weighted by Crippen LogP contribution is -2.30. The molecule has 0 aromatic heterocycles. The van der Waals surface area contributed by atoms with Crippen LogP contribution in [0.25, 0.3) is 0 Å². The number of carbonyl (C=O) groups is 2. The number of carbonyl (C=O) groups excluding carboxylic acids is 2. The first-order valence-electron chi connectivity index (χ1n) is 8.42. The number of ketones is 1. The monoisotopic (exact) mass is 414 g/mol. The highest BCUT2D eigenvalue weighted by Crippen LogP contribution is 2.20. The minimum atomic E-state index is -3.91. The summed E-state index contributed by atoms with van der Waals surface area (Å²) in [5.41, 5.74) is -1.16. The van der Waals surface area contributed by atoms with Crippen LogP contribution in [-0.2, 0) is 19.6 Å². The summed E-state index contributed by atoms with van der Waals surface area (Å²) in [5.74, 6) is -3.46. The zero-order valence-electron chi connectivity index (χ0n) is 16.1. The number of halogens is 1. The molecular weight excluding hydrogens is 391 g/mol. The van der Waals surface area contributed by atoms with E-state index in [1.807, 2.05) is 0 Å². The SMILES string of the molecule is CCN(CC)S(=O)(=O)c1ccc(F)c(C(=O)OC/C(O)=C(\C(C)=N)C(C)=O)c1. The van der Waals surface area contributed by atoms with Crippen molar-refractivity contribution in [1.82, 2.24) is 4.31 Å². The fraction of sp³-hybridized carbons (Fsp3) is 0.389. The Morgan fingerprint density at radius 3 is 2.25 bits per heavy atom. The topological polar surface area (TPSA) is 125 Å². The first-order chi connectivity index (χ1) is 13.0. The number of Topliss-reactive ketones (excluding diaryl/α,β-unsaturated/α-hetero) is 1. The second-order valence-corrected chi connectivity index (χ2v) is 7.75. The van der Waals surface area contributed by atoms with E-state index in [4.69, 9.17) is 10.1 Å². The molecule has 154 valence electrons. The predicted molar refractivity (Wildman–Crippen MR) is 101 cm³/mol. The molecule has 28 heavy (non-hydrogen) atoms. The summed E-state index contributed by atoms with van der Waals surface area (Å²) >= 11 is 0. The van der Waals surface area contributed by atoms with Crippen molar-refractivity contribution in [2.75, 3.05) is 19.7 Å². The van der Waals surface area contributed by atoms with Gasteiger partial charge in [0.15, 0.2) is 5.78 Å². The van der Waals surface area contributed by atoms with E-state index in [-0.39, 0.29) is 29.3 Å². The van der Waals surface area contributed by atoms with Gasteiger partial charge >= 0.3 is 5.97 Å². The average Bonchev–Trinajstić information content (AvgIpc) is 2.60. The van der Waals surface area contributed by atoms with Gasteiger partial charge in [-0.25, -0.2) is 17.6 Å². The number of esters is 1. The van der Waals surface area contributed by atoms with Crippen molar-refractivity contribution in [2.45, 2.75) is 32.6 Å². The Hall–Kier alpha value is -2.59. The highest BCUT2D eigenvalue weighted by Gasteiger charge is 2.25. The Labute approximate surface area is 163 Å². The van der Waals surface area contributed by atoms with E-state index < -0.39 is 45.5 Å². The van der Waals surface area contributed by atoms with Gasteiger partial charge in [-0.2, -0.15) is 4.31 Å². The van der Waals surface area contributed by atoms with E-state index in [2.05, 4.69) is 0 Å². The number of nitrogens with zero attached hydrogens (tertiary/aromatic N) is 1. The summed E-state index contributed by atoms with van der Waals surface area (Å²) in [6.07, 6.45) is 0. The van der Waals surface area contributed by atoms with Gasteiger partial charge < -0.3 is 15.3 Å². The van der Waals surface area contributed by atoms with E-state index in [1.54, 1.807) is 13.8 Å². The molecule has 8 nitrogen and oxygen atoms in total. The molecule has 1 aromatic carbocycles.